The Kier molecular flexibility index (Phi) is 25.2. The van der Waals surface area contributed by atoms with E-state index in [0.29, 0.717) is 12.0 Å². The van der Waals surface area contributed by atoms with Crippen LogP contribution in [0.15, 0.2) is 18.2 Å². The number of carboxylic acid groups (broad SMARTS) is 1. The molecule has 0 aliphatic carbocycles. The largest absolute Gasteiger partial charge is 0.545 e. The summed E-state index contributed by atoms with van der Waals surface area (Å²) in [6.45, 7) is 8.21. The number of benzene rings is 1. The summed E-state index contributed by atoms with van der Waals surface area (Å²) in [5.41, 5.74) is -0.00973. The smallest absolute Gasteiger partial charge is 0.234 e. The van der Waals surface area contributed by atoms with Crippen LogP contribution in [-0.4, -0.2) is 59.4 Å². The van der Waals surface area contributed by atoms with E-state index in [1.807, 2.05) is 0 Å². The molecule has 6 heteroatoms. The van der Waals surface area contributed by atoms with Crippen LogP contribution in [0.1, 0.15) is 189 Å². The van der Waals surface area contributed by atoms with Crippen LogP contribution in [0.2, 0.25) is 0 Å². The van der Waals surface area contributed by atoms with Gasteiger partial charge in [-0.05, 0) is 37.5 Å². The van der Waals surface area contributed by atoms with Gasteiger partial charge in [-0.25, -0.2) is 0 Å². The van der Waals surface area contributed by atoms with Crippen molar-refractivity contribution in [2.45, 2.75) is 168 Å². The molecule has 1 aliphatic heterocycles. The minimum Gasteiger partial charge on any atom is -0.545 e. The predicted molar refractivity (Wildman–Crippen MR) is 188 cm³/mol. The van der Waals surface area contributed by atoms with E-state index in [4.69, 9.17) is 0 Å². The summed E-state index contributed by atoms with van der Waals surface area (Å²) >= 11 is 0. The quantitative estimate of drug-likeness (QED) is 0.0596. The number of phenols is 1. The van der Waals surface area contributed by atoms with E-state index in [1.54, 1.807) is 0 Å². The van der Waals surface area contributed by atoms with Crippen LogP contribution in [-0.2, 0) is 0 Å². The summed E-state index contributed by atoms with van der Waals surface area (Å²) in [6, 6.07) is 3.88. The summed E-state index contributed by atoms with van der Waals surface area (Å²) in [7, 11) is 2.17. The number of carbonyl (C=O) groups excluding carboxylic acids is 2. The molecule has 6 nitrogen and oxygen atoms in total. The second kappa shape index (κ2) is 27.9. The zero-order valence-corrected chi connectivity index (χ0v) is 29.5. The fourth-order valence-electron chi connectivity index (χ4n) is 5.97. The van der Waals surface area contributed by atoms with Crippen molar-refractivity contribution in [3.63, 3.8) is 0 Å². The molecule has 0 fully saturated rings. The Morgan fingerprint density at radius 3 is 1.58 bits per heavy atom. The Morgan fingerprint density at radius 2 is 1.16 bits per heavy atom. The molecular formula is C39H68N2O4. The monoisotopic (exact) mass is 629 g/mol. The Bertz CT molecular complexity index is 930. The summed E-state index contributed by atoms with van der Waals surface area (Å²) in [5, 5.41) is 20.2. The van der Waals surface area contributed by atoms with Gasteiger partial charge in [0.15, 0.2) is 5.78 Å². The first-order valence-electron chi connectivity index (χ1n) is 18.8. The Hall–Kier alpha value is -2.37. The third-order valence-electron chi connectivity index (χ3n) is 8.95. The second-order valence-corrected chi connectivity index (χ2v) is 13.2. The number of hydrogen-bond donors (Lipinski definition) is 1. The molecule has 1 aromatic carbocycles. The van der Waals surface area contributed by atoms with E-state index in [1.165, 1.54) is 166 Å². The van der Waals surface area contributed by atoms with Gasteiger partial charge < -0.3 is 15.0 Å². The van der Waals surface area contributed by atoms with Crippen molar-refractivity contribution in [3.05, 3.63) is 29.3 Å². The zero-order chi connectivity index (χ0) is 33.0. The fourth-order valence-corrected chi connectivity index (χ4v) is 5.97. The zero-order valence-electron chi connectivity index (χ0n) is 29.5. The van der Waals surface area contributed by atoms with Gasteiger partial charge >= 0.3 is 0 Å². The van der Waals surface area contributed by atoms with E-state index in [9.17, 15) is 19.8 Å². The third-order valence-corrected chi connectivity index (χ3v) is 8.95. The van der Waals surface area contributed by atoms with Crippen molar-refractivity contribution >= 4 is 18.1 Å². The van der Waals surface area contributed by atoms with Gasteiger partial charge in [-0.15, -0.1) is 0 Å². The van der Waals surface area contributed by atoms with Gasteiger partial charge in [0, 0.05) is 17.5 Å². The van der Waals surface area contributed by atoms with Crippen molar-refractivity contribution in [1.82, 2.24) is 4.90 Å². The number of aromatic carboxylic acids is 1. The normalized spacial score (nSPS) is 12.6. The summed E-state index contributed by atoms with van der Waals surface area (Å²) < 4.78 is 2.30. The summed E-state index contributed by atoms with van der Waals surface area (Å²) in [6.07, 6.45) is 33.6. The van der Waals surface area contributed by atoms with Crippen LogP contribution in [0.3, 0.4) is 0 Å². The molecule has 2 rings (SSSR count). The minimum atomic E-state index is -1.47. The highest BCUT2D eigenvalue weighted by molar-refractivity contribution is 5.99. The Morgan fingerprint density at radius 1 is 0.711 bits per heavy atom. The highest BCUT2D eigenvalue weighted by Gasteiger charge is 2.15. The molecule has 0 saturated carbocycles. The van der Waals surface area contributed by atoms with Crippen molar-refractivity contribution in [2.24, 2.45) is 0 Å². The number of nitrogens with zero attached hydrogens (tertiary/aromatic N) is 2. The maximum Gasteiger partial charge on any atom is 0.234 e. The van der Waals surface area contributed by atoms with Crippen LogP contribution in [0.25, 0.3) is 0 Å². The van der Waals surface area contributed by atoms with E-state index < -0.39 is 5.97 Å². The van der Waals surface area contributed by atoms with Gasteiger partial charge in [-0.3, -0.25) is 14.3 Å². The van der Waals surface area contributed by atoms with Crippen LogP contribution >= 0.6 is 0 Å². The average Bonchev–Trinajstić information content (AvgIpc) is 3.45. The molecule has 0 unspecified atom stereocenters. The van der Waals surface area contributed by atoms with Gasteiger partial charge in [0.05, 0.1) is 19.6 Å². The molecule has 0 atom stereocenters. The number of ketones is 1. The topological polar surface area (TPSA) is 83.7 Å². The van der Waals surface area contributed by atoms with Gasteiger partial charge in [-0.1, -0.05) is 142 Å². The lowest BCUT2D eigenvalue weighted by Crippen LogP contribution is -2.22. The Balaban J connectivity index is 0.000000450. The van der Waals surface area contributed by atoms with E-state index in [0.717, 1.165) is 19.3 Å². The number of carboxylic acids is 1. The lowest BCUT2D eigenvalue weighted by molar-refractivity contribution is -0.482. The fraction of sp³-hybridized carbons (Fsp3) is 0.769. The molecule has 1 heterocycles. The van der Waals surface area contributed by atoms with Crippen molar-refractivity contribution in [3.8, 4) is 5.75 Å². The van der Waals surface area contributed by atoms with Crippen LogP contribution in [0, 0.1) is 0 Å². The summed E-state index contributed by atoms with van der Waals surface area (Å²) in [4.78, 5) is 25.4. The van der Waals surface area contributed by atoms with E-state index in [-0.39, 0.29) is 17.1 Å². The first kappa shape index (κ1) is 40.7. The molecule has 0 aromatic heterocycles. The molecule has 258 valence electrons. The first-order valence-corrected chi connectivity index (χ1v) is 18.8. The molecular weight excluding hydrogens is 560 g/mol. The molecule has 0 radical (unpaired) electrons. The van der Waals surface area contributed by atoms with Crippen LogP contribution in [0.5, 0.6) is 5.75 Å². The minimum absolute atomic E-state index is 0.0876. The Labute approximate surface area is 276 Å². The van der Waals surface area contributed by atoms with Crippen molar-refractivity contribution in [1.29, 1.82) is 0 Å². The van der Waals surface area contributed by atoms with Gasteiger partial charge in [0.25, 0.3) is 0 Å². The molecule has 0 amide bonds. The highest BCUT2D eigenvalue weighted by atomic mass is 16.4. The van der Waals surface area contributed by atoms with Gasteiger partial charge in [0.2, 0.25) is 6.34 Å². The standard InChI is InChI=1S/C20H41N2.C19H28O4/c1-3-4-5-6-7-8-9-10-11-12-13-14-15-16-17-22-19-18-21(2)20-22;1-2-3-4-5-6-7-8-9-10-11-17(20)15-12-13-18(21)16(14-15)19(22)23/h20H,3-19H2,1-2H3;12-14,21H,2-11H2,1H3,(H,22,23)/q+1;/p-1. The molecule has 0 bridgehead atoms. The van der Waals surface area contributed by atoms with Gasteiger partial charge in [0.1, 0.15) is 18.8 Å². The van der Waals surface area contributed by atoms with Crippen LogP contribution in [0.4, 0.5) is 0 Å². The van der Waals surface area contributed by atoms with Crippen LogP contribution < -0.4 is 5.11 Å². The van der Waals surface area contributed by atoms with Gasteiger partial charge in [-0.2, -0.15) is 0 Å². The lowest BCUT2D eigenvalue weighted by atomic mass is 10.0. The molecule has 1 aliphatic rings. The lowest BCUT2D eigenvalue weighted by Gasteiger charge is -2.08. The molecule has 0 spiro atoms. The predicted octanol–water partition coefficient (Wildman–Crippen LogP) is 9.31. The van der Waals surface area contributed by atoms with E-state index >= 15 is 0 Å². The maximum atomic E-state index is 12.0. The first-order chi connectivity index (χ1) is 21.9. The number of hydrogen-bond acceptors (Lipinski definition) is 5. The number of rotatable bonds is 27. The molecule has 1 N–H and O–H groups in total. The van der Waals surface area contributed by atoms with Crippen molar-refractivity contribution in [2.75, 3.05) is 26.7 Å². The second-order valence-electron chi connectivity index (χ2n) is 13.2. The number of likely N-dealkylation sites (N-methyl/N-ethyl adjacent to an activating group) is 1. The van der Waals surface area contributed by atoms with Crippen molar-refractivity contribution < 1.29 is 24.4 Å². The molecule has 45 heavy (non-hydrogen) atoms. The molecule has 1 aromatic rings. The third kappa shape index (κ3) is 21.9. The number of unbranched alkanes of at least 4 members (excludes halogenated alkanes) is 21. The number of carbonyl (C=O) groups is 2. The van der Waals surface area contributed by atoms with E-state index in [2.05, 4.69) is 36.7 Å². The SMILES string of the molecule is CCCCCCCCCCCC(=O)c1ccc(O)c(C(=O)[O-])c1.CCCCCCCCCCCCCCCCN1C=[N+](C)CC1. The molecule has 0 saturated heterocycles. The number of Topliss-reactive ketones (excluding diaryl/α,β-unsaturated/α-hetero) is 1. The average molecular weight is 629 g/mol. The highest BCUT2D eigenvalue weighted by Crippen LogP contribution is 2.20. The maximum absolute atomic E-state index is 12.0. The summed E-state index contributed by atoms with van der Waals surface area (Å²) in [5.74, 6) is -1.93. The number of aromatic hydroxyl groups is 1.